The highest BCUT2D eigenvalue weighted by Gasteiger charge is 2.62. The second-order valence-electron chi connectivity index (χ2n) is 8.68. The molecular weight excluding hydrogens is 392 g/mol. The average molecular weight is 420 g/mol. The van der Waals surface area contributed by atoms with Crippen molar-refractivity contribution in [2.45, 2.75) is 53.0 Å². The summed E-state index contributed by atoms with van der Waals surface area (Å²) >= 11 is 0. The van der Waals surface area contributed by atoms with Crippen LogP contribution in [0, 0.1) is 10.8 Å². The van der Waals surface area contributed by atoms with Crippen LogP contribution in [0.3, 0.4) is 0 Å². The summed E-state index contributed by atoms with van der Waals surface area (Å²) in [7, 11) is 3.07. The minimum absolute atomic E-state index is 0.189. The molecule has 2 amide bonds. The third-order valence-electron chi connectivity index (χ3n) is 5.68. The van der Waals surface area contributed by atoms with Crippen LogP contribution < -0.4 is 10.6 Å². The van der Waals surface area contributed by atoms with E-state index in [9.17, 15) is 9.59 Å². The van der Waals surface area contributed by atoms with E-state index in [0.717, 1.165) is 0 Å². The maximum absolute atomic E-state index is 12.7. The van der Waals surface area contributed by atoms with Crippen molar-refractivity contribution in [3.05, 3.63) is 35.0 Å². The summed E-state index contributed by atoms with van der Waals surface area (Å²) < 4.78 is 20.1. The summed E-state index contributed by atoms with van der Waals surface area (Å²) in [6.07, 6.45) is 0. The van der Waals surface area contributed by atoms with Crippen molar-refractivity contribution in [2.75, 3.05) is 14.2 Å². The van der Waals surface area contributed by atoms with Gasteiger partial charge in [-0.15, -0.1) is 0 Å². The predicted octanol–water partition coefficient (Wildman–Crippen LogP) is 1.92. The molecule has 1 fully saturated rings. The average Bonchev–Trinajstić information content (AvgIpc) is 3.34. The van der Waals surface area contributed by atoms with Gasteiger partial charge in [-0.2, -0.15) is 0 Å². The fraction of sp³-hybridized carbons (Fsp3) is 0.600. The molecule has 0 aromatic carbocycles. The zero-order chi connectivity index (χ0) is 22.1. The standard InChI is InChI=1S/C20H28N4O6/c1-19(2)17(21-15(25)13-7-11(9-27-5)29-23-13)20(3,4)18(19)22-16(26)14-8-12(10-28-6)30-24-14/h7-8,17-18H,9-10H2,1-6H3,(H,21,25)(H,22,26). The second-order valence-corrected chi connectivity index (χ2v) is 8.68. The number of hydrogen-bond donors (Lipinski definition) is 2. The molecule has 0 bridgehead atoms. The molecule has 10 nitrogen and oxygen atoms in total. The van der Waals surface area contributed by atoms with Crippen molar-refractivity contribution in [1.82, 2.24) is 20.9 Å². The van der Waals surface area contributed by atoms with Crippen LogP contribution in [0.4, 0.5) is 0 Å². The summed E-state index contributed by atoms with van der Waals surface area (Å²) in [5.74, 6) is 0.274. The molecule has 0 spiro atoms. The number of aromatic nitrogens is 2. The van der Waals surface area contributed by atoms with E-state index in [1.54, 1.807) is 12.1 Å². The second kappa shape index (κ2) is 8.19. The fourth-order valence-electron chi connectivity index (χ4n) is 4.57. The molecule has 1 aliphatic rings. The van der Waals surface area contributed by atoms with Crippen molar-refractivity contribution in [1.29, 1.82) is 0 Å². The van der Waals surface area contributed by atoms with Gasteiger partial charge in [0.2, 0.25) is 0 Å². The van der Waals surface area contributed by atoms with Crippen molar-refractivity contribution < 1.29 is 28.1 Å². The molecule has 10 heteroatoms. The molecule has 0 radical (unpaired) electrons. The number of hydrogen-bond acceptors (Lipinski definition) is 8. The number of carbonyl (C=O) groups excluding carboxylic acids is 2. The molecule has 2 aromatic heterocycles. The summed E-state index contributed by atoms with van der Waals surface area (Å²) in [5, 5.41) is 13.7. The summed E-state index contributed by atoms with van der Waals surface area (Å²) in [6.45, 7) is 8.45. The third-order valence-corrected chi connectivity index (χ3v) is 5.68. The van der Waals surface area contributed by atoms with Crippen LogP contribution in [-0.2, 0) is 22.7 Å². The zero-order valence-corrected chi connectivity index (χ0v) is 18.1. The topological polar surface area (TPSA) is 129 Å². The molecule has 164 valence electrons. The van der Waals surface area contributed by atoms with E-state index in [0.29, 0.717) is 11.5 Å². The SMILES string of the molecule is COCc1cc(C(=O)NC2C(C)(C)C(NC(=O)c3cc(COC)on3)C2(C)C)no1. The Bertz CT molecular complexity index is 830. The molecule has 30 heavy (non-hydrogen) atoms. The third kappa shape index (κ3) is 3.97. The molecule has 1 aliphatic carbocycles. The molecule has 1 saturated carbocycles. The first-order chi connectivity index (χ1) is 14.1. The Kier molecular flexibility index (Phi) is 6.00. The minimum atomic E-state index is -0.410. The first-order valence-electron chi connectivity index (χ1n) is 9.62. The maximum Gasteiger partial charge on any atom is 0.273 e. The van der Waals surface area contributed by atoms with Gasteiger partial charge >= 0.3 is 0 Å². The highest BCUT2D eigenvalue weighted by molar-refractivity contribution is 5.93. The first kappa shape index (κ1) is 22.0. The fourth-order valence-corrected chi connectivity index (χ4v) is 4.57. The van der Waals surface area contributed by atoms with E-state index in [1.165, 1.54) is 14.2 Å². The number of rotatable bonds is 8. The van der Waals surface area contributed by atoms with Gasteiger partial charge in [-0.3, -0.25) is 9.59 Å². The Morgan fingerprint density at radius 2 is 1.23 bits per heavy atom. The molecule has 0 unspecified atom stereocenters. The minimum Gasteiger partial charge on any atom is -0.377 e. The Hall–Kier alpha value is -2.72. The van der Waals surface area contributed by atoms with Crippen LogP contribution in [0.1, 0.15) is 60.2 Å². The summed E-state index contributed by atoms with van der Waals surface area (Å²) in [4.78, 5) is 25.3. The number of nitrogens with one attached hydrogen (secondary N) is 2. The van der Waals surface area contributed by atoms with E-state index in [2.05, 4.69) is 20.9 Å². The number of amides is 2. The Balaban J connectivity index is 1.67. The molecule has 0 aliphatic heterocycles. The van der Waals surface area contributed by atoms with Crippen LogP contribution in [0.25, 0.3) is 0 Å². The lowest BCUT2D eigenvalue weighted by atomic mass is 9.48. The van der Waals surface area contributed by atoms with Crippen molar-refractivity contribution >= 4 is 11.8 Å². The van der Waals surface area contributed by atoms with E-state index in [-0.39, 0.29) is 48.5 Å². The van der Waals surface area contributed by atoms with E-state index < -0.39 is 10.8 Å². The first-order valence-corrected chi connectivity index (χ1v) is 9.62. The van der Waals surface area contributed by atoms with Crippen molar-refractivity contribution in [3.8, 4) is 0 Å². The Labute approximate surface area is 174 Å². The Morgan fingerprint density at radius 1 is 0.867 bits per heavy atom. The highest BCUT2D eigenvalue weighted by Crippen LogP contribution is 2.54. The number of methoxy groups -OCH3 is 2. The molecule has 3 rings (SSSR count). The van der Waals surface area contributed by atoms with Gasteiger partial charge in [0.1, 0.15) is 13.2 Å². The number of nitrogens with zero attached hydrogens (tertiary/aromatic N) is 2. The van der Waals surface area contributed by atoms with Crippen LogP contribution in [0.2, 0.25) is 0 Å². The highest BCUT2D eigenvalue weighted by atomic mass is 16.5. The lowest BCUT2D eigenvalue weighted by molar-refractivity contribution is -0.0809. The van der Waals surface area contributed by atoms with E-state index in [4.69, 9.17) is 18.5 Å². The van der Waals surface area contributed by atoms with Gasteiger partial charge < -0.3 is 29.2 Å². The van der Waals surface area contributed by atoms with Gasteiger partial charge in [0.05, 0.1) is 0 Å². The van der Waals surface area contributed by atoms with Gasteiger partial charge in [0.25, 0.3) is 11.8 Å². The van der Waals surface area contributed by atoms with Gasteiger partial charge in [-0.05, 0) is 0 Å². The molecule has 2 N–H and O–H groups in total. The molecular formula is C20H28N4O6. The predicted molar refractivity (Wildman–Crippen MR) is 105 cm³/mol. The van der Waals surface area contributed by atoms with E-state index >= 15 is 0 Å². The lowest BCUT2D eigenvalue weighted by Crippen LogP contribution is -2.77. The summed E-state index contributed by atoms with van der Waals surface area (Å²) in [5.41, 5.74) is -0.441. The van der Waals surface area contributed by atoms with E-state index in [1.807, 2.05) is 27.7 Å². The molecule has 2 aromatic rings. The lowest BCUT2D eigenvalue weighted by Gasteiger charge is -2.64. The molecule has 0 atom stereocenters. The van der Waals surface area contributed by atoms with Crippen LogP contribution >= 0.6 is 0 Å². The van der Waals surface area contributed by atoms with Crippen molar-refractivity contribution in [3.63, 3.8) is 0 Å². The van der Waals surface area contributed by atoms with Gasteiger partial charge in [0, 0.05) is 49.3 Å². The smallest absolute Gasteiger partial charge is 0.273 e. The van der Waals surface area contributed by atoms with Gasteiger partial charge in [0.15, 0.2) is 22.9 Å². The van der Waals surface area contributed by atoms with Gasteiger partial charge in [-0.25, -0.2) is 0 Å². The van der Waals surface area contributed by atoms with Crippen LogP contribution in [0.5, 0.6) is 0 Å². The quantitative estimate of drug-likeness (QED) is 0.663. The maximum atomic E-state index is 12.7. The largest absolute Gasteiger partial charge is 0.377 e. The zero-order valence-electron chi connectivity index (χ0n) is 18.1. The van der Waals surface area contributed by atoms with Gasteiger partial charge in [-0.1, -0.05) is 38.0 Å². The number of ether oxygens (including phenoxy) is 2. The van der Waals surface area contributed by atoms with Crippen LogP contribution in [-0.4, -0.2) is 48.4 Å². The normalized spacial score (nSPS) is 21.7. The van der Waals surface area contributed by atoms with Crippen molar-refractivity contribution in [2.24, 2.45) is 10.8 Å². The Morgan fingerprint density at radius 3 is 1.57 bits per heavy atom. The number of carbonyl (C=O) groups is 2. The molecule has 0 saturated heterocycles. The summed E-state index contributed by atoms with van der Waals surface area (Å²) in [6, 6.07) is 2.70. The monoisotopic (exact) mass is 420 g/mol. The van der Waals surface area contributed by atoms with Crippen LogP contribution in [0.15, 0.2) is 21.2 Å². The molecule has 2 heterocycles.